The predicted octanol–water partition coefficient (Wildman–Crippen LogP) is 1.95. The Morgan fingerprint density at radius 2 is 2.18 bits per heavy atom. The Morgan fingerprint density at radius 3 is 2.86 bits per heavy atom. The quantitative estimate of drug-likeness (QED) is 0.837. The zero-order valence-electron chi connectivity index (χ0n) is 11.6. The molecule has 1 atom stereocenters. The maximum Gasteiger partial charge on any atom is 0.258 e. The maximum atomic E-state index is 12.4. The Bertz CT molecular complexity index is 895. The number of nitrogens with one attached hydrogen (secondary N) is 1. The van der Waals surface area contributed by atoms with Crippen LogP contribution in [-0.2, 0) is 0 Å². The molecule has 0 radical (unpaired) electrons. The molecule has 3 N–H and O–H groups in total. The van der Waals surface area contributed by atoms with E-state index in [4.69, 9.17) is 22.1 Å². The second-order valence-corrected chi connectivity index (χ2v) is 5.22. The second kappa shape index (κ2) is 5.20. The summed E-state index contributed by atoms with van der Waals surface area (Å²) in [6.07, 6.45) is 0. The summed E-state index contributed by atoms with van der Waals surface area (Å²) in [6.45, 7) is 1.63. The molecular formula is C15H11ClN4O2. The molecule has 6 nitrogen and oxygen atoms in total. The van der Waals surface area contributed by atoms with Gasteiger partial charge in [-0.1, -0.05) is 29.8 Å². The van der Waals surface area contributed by atoms with Crippen molar-refractivity contribution in [2.75, 3.05) is 0 Å². The number of aromatic amines is 1. The molecule has 2 heterocycles. The molecular weight excluding hydrogens is 304 g/mol. The van der Waals surface area contributed by atoms with E-state index in [2.05, 4.69) is 9.97 Å². The van der Waals surface area contributed by atoms with Crippen molar-refractivity contribution in [3.05, 3.63) is 68.0 Å². The molecule has 3 rings (SSSR count). The van der Waals surface area contributed by atoms with E-state index >= 15 is 0 Å². The molecule has 0 fully saturated rings. The monoisotopic (exact) mass is 314 g/mol. The number of benzene rings is 1. The van der Waals surface area contributed by atoms with Crippen molar-refractivity contribution < 1.29 is 4.74 Å². The summed E-state index contributed by atoms with van der Waals surface area (Å²) >= 11 is 6.23. The lowest BCUT2D eigenvalue weighted by Crippen LogP contribution is -2.29. The predicted molar refractivity (Wildman–Crippen MR) is 80.3 cm³/mol. The summed E-state index contributed by atoms with van der Waals surface area (Å²) in [5.74, 6) is -0.283. The Labute approximate surface area is 130 Å². The molecule has 0 amide bonds. The van der Waals surface area contributed by atoms with Crippen LogP contribution < -0.4 is 16.0 Å². The molecule has 0 bridgehead atoms. The van der Waals surface area contributed by atoms with Gasteiger partial charge < -0.3 is 15.5 Å². The molecule has 0 saturated carbocycles. The van der Waals surface area contributed by atoms with Crippen LogP contribution in [0.5, 0.6) is 5.88 Å². The smallest absolute Gasteiger partial charge is 0.258 e. The Hall–Kier alpha value is -2.78. The van der Waals surface area contributed by atoms with Crippen LogP contribution in [0.2, 0.25) is 5.02 Å². The van der Waals surface area contributed by atoms with Gasteiger partial charge in [0.05, 0.1) is 11.5 Å². The molecule has 1 aliphatic rings. The summed E-state index contributed by atoms with van der Waals surface area (Å²) in [7, 11) is 0. The van der Waals surface area contributed by atoms with Crippen molar-refractivity contribution >= 4 is 11.6 Å². The van der Waals surface area contributed by atoms with Crippen molar-refractivity contribution in [1.82, 2.24) is 9.97 Å². The first-order valence-electron chi connectivity index (χ1n) is 6.45. The third kappa shape index (κ3) is 2.12. The van der Waals surface area contributed by atoms with Gasteiger partial charge in [-0.05, 0) is 18.6 Å². The number of ether oxygens (including phenoxy) is 1. The number of aryl methyl sites for hydroxylation is 1. The van der Waals surface area contributed by atoms with Crippen LogP contribution in [0.1, 0.15) is 22.9 Å². The number of allylic oxidation sites excluding steroid dienone is 1. The van der Waals surface area contributed by atoms with Crippen molar-refractivity contribution in [3.63, 3.8) is 0 Å². The van der Waals surface area contributed by atoms with Crippen LogP contribution in [0.15, 0.2) is 40.5 Å². The van der Waals surface area contributed by atoms with Crippen molar-refractivity contribution in [2.24, 2.45) is 5.73 Å². The van der Waals surface area contributed by atoms with E-state index in [1.165, 1.54) is 0 Å². The standard InChI is InChI=1S/C15H11ClN4O2/c1-7-19-14(21)12-11(8-4-2-3-5-10(8)16)9(6-17)13(18)22-15(12)20-7/h2-5,11H,18H2,1H3,(H,19,20,21)/t11-/m0/s1. The molecule has 0 unspecified atom stereocenters. The van der Waals surface area contributed by atoms with E-state index in [0.717, 1.165) is 0 Å². The fraction of sp³-hybridized carbons (Fsp3) is 0.133. The highest BCUT2D eigenvalue weighted by atomic mass is 35.5. The molecule has 7 heteroatoms. The van der Waals surface area contributed by atoms with Gasteiger partial charge in [0.25, 0.3) is 5.56 Å². The molecule has 1 aliphatic heterocycles. The molecule has 2 aromatic rings. The summed E-state index contributed by atoms with van der Waals surface area (Å²) in [6, 6.07) is 8.97. The van der Waals surface area contributed by atoms with Gasteiger partial charge in [-0.25, -0.2) is 0 Å². The number of nitriles is 1. The van der Waals surface area contributed by atoms with Crippen LogP contribution in [-0.4, -0.2) is 9.97 Å². The highest BCUT2D eigenvalue weighted by Crippen LogP contribution is 2.41. The Balaban J connectivity index is 2.35. The van der Waals surface area contributed by atoms with E-state index in [9.17, 15) is 10.1 Å². The molecule has 1 aromatic heterocycles. The number of nitrogens with zero attached hydrogens (tertiary/aromatic N) is 2. The first-order chi connectivity index (χ1) is 10.5. The molecule has 1 aromatic carbocycles. The number of halogens is 1. The van der Waals surface area contributed by atoms with Crippen LogP contribution in [0.3, 0.4) is 0 Å². The van der Waals surface area contributed by atoms with Gasteiger partial charge in [-0.2, -0.15) is 10.2 Å². The number of hydrogen-bond acceptors (Lipinski definition) is 5. The fourth-order valence-electron chi connectivity index (χ4n) is 2.49. The van der Waals surface area contributed by atoms with Crippen molar-refractivity contribution in [1.29, 1.82) is 5.26 Å². The van der Waals surface area contributed by atoms with Crippen LogP contribution in [0.25, 0.3) is 0 Å². The minimum atomic E-state index is -0.709. The maximum absolute atomic E-state index is 12.4. The zero-order valence-corrected chi connectivity index (χ0v) is 12.3. The number of rotatable bonds is 1. The lowest BCUT2D eigenvalue weighted by molar-refractivity contribution is 0.373. The molecule has 0 saturated heterocycles. The van der Waals surface area contributed by atoms with Crippen LogP contribution in [0.4, 0.5) is 0 Å². The van der Waals surface area contributed by atoms with Gasteiger partial charge in [-0.15, -0.1) is 0 Å². The topological polar surface area (TPSA) is 105 Å². The van der Waals surface area contributed by atoms with Crippen molar-refractivity contribution in [2.45, 2.75) is 12.8 Å². The Kier molecular flexibility index (Phi) is 3.35. The second-order valence-electron chi connectivity index (χ2n) is 4.82. The van der Waals surface area contributed by atoms with Crippen LogP contribution in [0, 0.1) is 18.3 Å². The SMILES string of the molecule is Cc1nc2c(c(=O)[nH]1)[C@@H](c1ccccc1Cl)C(C#N)=C(N)O2. The van der Waals surface area contributed by atoms with Crippen LogP contribution >= 0.6 is 11.6 Å². The van der Waals surface area contributed by atoms with Gasteiger partial charge in [0.15, 0.2) is 0 Å². The summed E-state index contributed by atoms with van der Waals surface area (Å²) in [5, 5.41) is 9.84. The van der Waals surface area contributed by atoms with Gasteiger partial charge in [0.1, 0.15) is 17.5 Å². The van der Waals surface area contributed by atoms with E-state index in [1.54, 1.807) is 31.2 Å². The average molecular weight is 315 g/mol. The number of H-pyrrole nitrogens is 1. The number of hydrogen-bond donors (Lipinski definition) is 2. The van der Waals surface area contributed by atoms with E-state index in [-0.39, 0.29) is 28.5 Å². The molecule has 0 spiro atoms. The first kappa shape index (κ1) is 14.2. The third-order valence-electron chi connectivity index (χ3n) is 3.42. The molecule has 110 valence electrons. The highest BCUT2D eigenvalue weighted by molar-refractivity contribution is 6.31. The normalized spacial score (nSPS) is 16.7. The Morgan fingerprint density at radius 1 is 1.45 bits per heavy atom. The highest BCUT2D eigenvalue weighted by Gasteiger charge is 2.35. The van der Waals surface area contributed by atoms with Gasteiger partial charge in [0, 0.05) is 5.02 Å². The average Bonchev–Trinajstić information content (AvgIpc) is 2.46. The van der Waals surface area contributed by atoms with E-state index in [1.807, 2.05) is 6.07 Å². The first-order valence-corrected chi connectivity index (χ1v) is 6.83. The van der Waals surface area contributed by atoms with Gasteiger partial charge in [-0.3, -0.25) is 4.79 Å². The van der Waals surface area contributed by atoms with Crippen molar-refractivity contribution in [3.8, 4) is 11.9 Å². The minimum absolute atomic E-state index is 0.0718. The molecule has 22 heavy (non-hydrogen) atoms. The summed E-state index contributed by atoms with van der Waals surface area (Å²) in [4.78, 5) is 19.1. The minimum Gasteiger partial charge on any atom is -0.422 e. The fourth-order valence-corrected chi connectivity index (χ4v) is 2.73. The van der Waals surface area contributed by atoms with E-state index in [0.29, 0.717) is 16.4 Å². The largest absolute Gasteiger partial charge is 0.422 e. The zero-order chi connectivity index (χ0) is 15.9. The number of fused-ring (bicyclic) bond motifs is 1. The lowest BCUT2D eigenvalue weighted by atomic mass is 9.85. The number of aromatic nitrogens is 2. The van der Waals surface area contributed by atoms with Gasteiger partial charge >= 0.3 is 0 Å². The lowest BCUT2D eigenvalue weighted by Gasteiger charge is -2.25. The van der Waals surface area contributed by atoms with Gasteiger partial charge in [0.2, 0.25) is 11.8 Å². The summed E-state index contributed by atoms with van der Waals surface area (Å²) in [5.41, 5.74) is 6.40. The third-order valence-corrected chi connectivity index (χ3v) is 3.77. The van der Waals surface area contributed by atoms with E-state index < -0.39 is 5.92 Å². The number of nitrogens with two attached hydrogens (primary N) is 1. The summed E-state index contributed by atoms with van der Waals surface area (Å²) < 4.78 is 5.35. The molecule has 0 aliphatic carbocycles.